The lowest BCUT2D eigenvalue weighted by Crippen LogP contribution is -2.31. The van der Waals surface area contributed by atoms with E-state index in [1.807, 2.05) is 30.3 Å². The van der Waals surface area contributed by atoms with Gasteiger partial charge in [0.1, 0.15) is 6.04 Å². The maximum absolute atomic E-state index is 11.1. The van der Waals surface area contributed by atoms with Crippen LogP contribution >= 0.6 is 11.8 Å². The molecule has 1 atom stereocenters. The summed E-state index contributed by atoms with van der Waals surface area (Å²) in [4.78, 5) is 15.4. The van der Waals surface area contributed by atoms with Gasteiger partial charge < -0.3 is 14.9 Å². The minimum absolute atomic E-state index is 0.377. The molecule has 1 aromatic carbocycles. The van der Waals surface area contributed by atoms with Crippen LogP contribution in [0.1, 0.15) is 12.3 Å². The van der Waals surface area contributed by atoms with Gasteiger partial charge in [-0.15, -0.1) is 0 Å². The standard InChI is InChI=1S/C15H18N2O3S/c1-19-15(18)12(16)7-8-21-10-14-17-9-13(20-14)11-5-3-2-4-6-11/h2-6,9,12H,7-8,10,16H2,1H3. The molecule has 0 amide bonds. The van der Waals surface area contributed by atoms with Gasteiger partial charge in [0.25, 0.3) is 0 Å². The second-order valence-electron chi connectivity index (χ2n) is 4.46. The van der Waals surface area contributed by atoms with Gasteiger partial charge in [-0.1, -0.05) is 30.3 Å². The van der Waals surface area contributed by atoms with Crippen LogP contribution < -0.4 is 5.73 Å². The van der Waals surface area contributed by atoms with Gasteiger partial charge in [-0.05, 0) is 12.2 Å². The Morgan fingerprint density at radius 2 is 2.19 bits per heavy atom. The second kappa shape index (κ2) is 7.85. The number of hydrogen-bond acceptors (Lipinski definition) is 6. The number of nitrogens with two attached hydrogens (primary N) is 1. The molecule has 2 rings (SSSR count). The largest absolute Gasteiger partial charge is 0.468 e. The third-order valence-electron chi connectivity index (χ3n) is 2.91. The maximum atomic E-state index is 11.1. The zero-order valence-electron chi connectivity index (χ0n) is 11.8. The maximum Gasteiger partial charge on any atom is 0.322 e. The molecular weight excluding hydrogens is 288 g/mol. The number of nitrogens with zero attached hydrogens (tertiary/aromatic N) is 1. The van der Waals surface area contributed by atoms with Crippen molar-refractivity contribution in [3.63, 3.8) is 0 Å². The summed E-state index contributed by atoms with van der Waals surface area (Å²) < 4.78 is 10.3. The minimum Gasteiger partial charge on any atom is -0.468 e. The number of methoxy groups -OCH3 is 1. The lowest BCUT2D eigenvalue weighted by atomic mass is 10.2. The number of benzene rings is 1. The first kappa shape index (κ1) is 15.6. The highest BCUT2D eigenvalue weighted by atomic mass is 32.2. The molecule has 0 radical (unpaired) electrons. The fourth-order valence-corrected chi connectivity index (χ4v) is 2.62. The van der Waals surface area contributed by atoms with E-state index in [1.165, 1.54) is 7.11 Å². The summed E-state index contributed by atoms with van der Waals surface area (Å²) in [6.07, 6.45) is 2.30. The summed E-state index contributed by atoms with van der Waals surface area (Å²) in [6, 6.07) is 9.27. The molecule has 2 aromatic rings. The van der Waals surface area contributed by atoms with E-state index in [2.05, 4.69) is 9.72 Å². The lowest BCUT2D eigenvalue weighted by Gasteiger charge is -2.07. The molecule has 0 spiro atoms. The Morgan fingerprint density at radius 3 is 2.90 bits per heavy atom. The zero-order valence-corrected chi connectivity index (χ0v) is 12.6. The Labute approximate surface area is 127 Å². The summed E-state index contributed by atoms with van der Waals surface area (Å²) >= 11 is 1.63. The van der Waals surface area contributed by atoms with Gasteiger partial charge in [-0.25, -0.2) is 4.98 Å². The molecule has 0 saturated carbocycles. The van der Waals surface area contributed by atoms with Gasteiger partial charge in [0.15, 0.2) is 5.76 Å². The van der Waals surface area contributed by atoms with Crippen molar-refractivity contribution in [1.82, 2.24) is 4.98 Å². The van der Waals surface area contributed by atoms with Gasteiger partial charge in [-0.3, -0.25) is 4.79 Å². The highest BCUT2D eigenvalue weighted by molar-refractivity contribution is 7.98. The quantitative estimate of drug-likeness (QED) is 0.625. The van der Waals surface area contributed by atoms with E-state index in [0.717, 1.165) is 17.1 Å². The predicted molar refractivity (Wildman–Crippen MR) is 82.7 cm³/mol. The van der Waals surface area contributed by atoms with Gasteiger partial charge in [0.05, 0.1) is 19.1 Å². The Kier molecular flexibility index (Phi) is 5.83. The van der Waals surface area contributed by atoms with Gasteiger partial charge >= 0.3 is 5.97 Å². The van der Waals surface area contributed by atoms with Crippen molar-refractivity contribution in [3.8, 4) is 11.3 Å². The molecule has 2 N–H and O–H groups in total. The normalized spacial score (nSPS) is 12.1. The fraction of sp³-hybridized carbons (Fsp3) is 0.333. The molecular formula is C15H18N2O3S. The van der Waals surface area contributed by atoms with E-state index < -0.39 is 6.04 Å². The number of carbonyl (C=O) groups is 1. The average molecular weight is 306 g/mol. The van der Waals surface area contributed by atoms with Crippen molar-refractivity contribution in [2.75, 3.05) is 12.9 Å². The number of ether oxygens (including phenoxy) is 1. The molecule has 0 aliphatic carbocycles. The Balaban J connectivity index is 1.77. The monoisotopic (exact) mass is 306 g/mol. The first-order chi connectivity index (χ1) is 10.2. The van der Waals surface area contributed by atoms with E-state index in [9.17, 15) is 4.79 Å². The number of carbonyl (C=O) groups excluding carboxylic acids is 1. The topological polar surface area (TPSA) is 78.4 Å². The van der Waals surface area contributed by atoms with E-state index in [0.29, 0.717) is 18.1 Å². The average Bonchev–Trinajstić information content (AvgIpc) is 3.00. The predicted octanol–water partition coefficient (Wildman–Crippen LogP) is 2.47. The Hall–Kier alpha value is -1.79. The summed E-state index contributed by atoms with van der Waals surface area (Å²) in [5.74, 6) is 2.46. The number of aromatic nitrogens is 1. The highest BCUT2D eigenvalue weighted by Gasteiger charge is 2.13. The van der Waals surface area contributed by atoms with Crippen LogP contribution in [0, 0.1) is 0 Å². The van der Waals surface area contributed by atoms with Crippen LogP contribution in [0.5, 0.6) is 0 Å². The lowest BCUT2D eigenvalue weighted by molar-refractivity contribution is -0.142. The summed E-state index contributed by atoms with van der Waals surface area (Å²) in [5.41, 5.74) is 6.67. The summed E-state index contributed by atoms with van der Waals surface area (Å²) in [5, 5.41) is 0. The molecule has 1 unspecified atom stereocenters. The first-order valence-corrected chi connectivity index (χ1v) is 7.77. The van der Waals surface area contributed by atoms with Gasteiger partial charge in [0.2, 0.25) is 5.89 Å². The summed E-state index contributed by atoms with van der Waals surface area (Å²) in [7, 11) is 1.34. The van der Waals surface area contributed by atoms with Crippen molar-refractivity contribution < 1.29 is 13.9 Å². The molecule has 0 fully saturated rings. The van der Waals surface area contributed by atoms with Crippen molar-refractivity contribution in [1.29, 1.82) is 0 Å². The molecule has 112 valence electrons. The van der Waals surface area contributed by atoms with Crippen LogP contribution in [-0.4, -0.2) is 29.9 Å². The number of oxazole rings is 1. The van der Waals surface area contributed by atoms with E-state index >= 15 is 0 Å². The Morgan fingerprint density at radius 1 is 1.43 bits per heavy atom. The number of hydrogen-bond donors (Lipinski definition) is 1. The van der Waals surface area contributed by atoms with Crippen LogP contribution in [0.4, 0.5) is 0 Å². The molecule has 0 aliphatic heterocycles. The molecule has 6 heteroatoms. The van der Waals surface area contributed by atoms with E-state index in [-0.39, 0.29) is 5.97 Å². The minimum atomic E-state index is -0.563. The van der Waals surface area contributed by atoms with Crippen molar-refractivity contribution in [2.45, 2.75) is 18.2 Å². The molecule has 1 heterocycles. The summed E-state index contributed by atoms with van der Waals surface area (Å²) in [6.45, 7) is 0. The van der Waals surface area contributed by atoms with Gasteiger partial charge in [0, 0.05) is 5.56 Å². The van der Waals surface area contributed by atoms with Crippen LogP contribution in [0.2, 0.25) is 0 Å². The highest BCUT2D eigenvalue weighted by Crippen LogP contribution is 2.22. The number of rotatable bonds is 7. The van der Waals surface area contributed by atoms with Crippen LogP contribution in [0.25, 0.3) is 11.3 Å². The molecule has 0 saturated heterocycles. The molecule has 0 bridgehead atoms. The number of esters is 1. The smallest absolute Gasteiger partial charge is 0.322 e. The van der Waals surface area contributed by atoms with Crippen LogP contribution in [-0.2, 0) is 15.3 Å². The fourth-order valence-electron chi connectivity index (χ4n) is 1.75. The molecule has 21 heavy (non-hydrogen) atoms. The second-order valence-corrected chi connectivity index (χ2v) is 5.56. The SMILES string of the molecule is COC(=O)C(N)CCSCc1ncc(-c2ccccc2)o1. The Bertz CT molecular complexity index is 571. The van der Waals surface area contributed by atoms with E-state index in [1.54, 1.807) is 18.0 Å². The third-order valence-corrected chi connectivity index (χ3v) is 3.89. The van der Waals surface area contributed by atoms with Gasteiger partial charge in [-0.2, -0.15) is 11.8 Å². The van der Waals surface area contributed by atoms with Crippen LogP contribution in [0.3, 0.4) is 0 Å². The van der Waals surface area contributed by atoms with Crippen molar-refractivity contribution >= 4 is 17.7 Å². The van der Waals surface area contributed by atoms with Crippen molar-refractivity contribution in [3.05, 3.63) is 42.4 Å². The van der Waals surface area contributed by atoms with Crippen molar-refractivity contribution in [2.24, 2.45) is 5.73 Å². The molecule has 1 aromatic heterocycles. The molecule has 5 nitrogen and oxygen atoms in total. The van der Waals surface area contributed by atoms with E-state index in [4.69, 9.17) is 10.2 Å². The van der Waals surface area contributed by atoms with Crippen LogP contribution in [0.15, 0.2) is 40.9 Å². The molecule has 0 aliphatic rings. The third kappa shape index (κ3) is 4.61. The zero-order chi connectivity index (χ0) is 15.1. The number of thioether (sulfide) groups is 1. The first-order valence-electron chi connectivity index (χ1n) is 6.62.